The Morgan fingerprint density at radius 3 is 2.18 bits per heavy atom. The first-order valence-electron chi connectivity index (χ1n) is 10.4. The highest BCUT2D eigenvalue weighted by molar-refractivity contribution is 8.14. The van der Waals surface area contributed by atoms with Crippen molar-refractivity contribution in [1.29, 1.82) is 0 Å². The summed E-state index contributed by atoms with van der Waals surface area (Å²) in [5, 5.41) is -0.164. The second-order valence-corrected chi connectivity index (χ2v) is 8.44. The summed E-state index contributed by atoms with van der Waals surface area (Å²) in [7, 11) is 1.22. The van der Waals surface area contributed by atoms with Crippen molar-refractivity contribution in [2.75, 3.05) is 17.8 Å². The summed E-state index contributed by atoms with van der Waals surface area (Å²) in [5.41, 5.74) is 1.42. The lowest BCUT2D eigenvalue weighted by molar-refractivity contribution is -0.143. The number of esters is 3. The number of methoxy groups -OCH3 is 1. The Kier molecular flexibility index (Phi) is 8.06. The van der Waals surface area contributed by atoms with Gasteiger partial charge in [-0.1, -0.05) is 42.1 Å². The number of carbonyl (C=O) groups excluding carboxylic acids is 5. The van der Waals surface area contributed by atoms with E-state index in [1.807, 2.05) is 0 Å². The molecule has 0 saturated carbocycles. The summed E-state index contributed by atoms with van der Waals surface area (Å²) in [5.74, 6) is -2.15. The first-order chi connectivity index (χ1) is 16.2. The highest BCUT2D eigenvalue weighted by Crippen LogP contribution is 2.42. The molecule has 178 valence electrons. The van der Waals surface area contributed by atoms with E-state index >= 15 is 0 Å². The van der Waals surface area contributed by atoms with Crippen LogP contribution in [0.5, 0.6) is 11.5 Å². The van der Waals surface area contributed by atoms with Gasteiger partial charge in [0.05, 0.1) is 12.8 Å². The Balaban J connectivity index is 1.85. The number of anilines is 1. The number of benzene rings is 2. The zero-order valence-electron chi connectivity index (χ0n) is 18.9. The molecule has 34 heavy (non-hydrogen) atoms. The Morgan fingerprint density at radius 1 is 0.971 bits per heavy atom. The van der Waals surface area contributed by atoms with Gasteiger partial charge in [-0.15, -0.1) is 0 Å². The molecule has 1 amide bonds. The van der Waals surface area contributed by atoms with Gasteiger partial charge in [-0.25, -0.2) is 4.79 Å². The van der Waals surface area contributed by atoms with Crippen LogP contribution in [0, 0.1) is 0 Å². The number of carbonyl (C=O) groups is 5. The number of hydrogen-bond acceptors (Lipinski definition) is 9. The maximum absolute atomic E-state index is 13.2. The van der Waals surface area contributed by atoms with Gasteiger partial charge in [0.1, 0.15) is 6.04 Å². The van der Waals surface area contributed by atoms with Gasteiger partial charge in [0.15, 0.2) is 11.5 Å². The average Bonchev–Trinajstić information content (AvgIpc) is 3.16. The fourth-order valence-corrected chi connectivity index (χ4v) is 4.32. The van der Waals surface area contributed by atoms with Gasteiger partial charge in [-0.3, -0.25) is 24.1 Å². The molecule has 0 fully saturated rings. The van der Waals surface area contributed by atoms with E-state index in [4.69, 9.17) is 14.2 Å². The maximum atomic E-state index is 13.2. The third-order valence-corrected chi connectivity index (χ3v) is 5.84. The molecule has 0 saturated heterocycles. The predicted octanol–water partition coefficient (Wildman–Crippen LogP) is 2.93. The van der Waals surface area contributed by atoms with Gasteiger partial charge in [0.25, 0.3) is 0 Å². The molecule has 2 aromatic rings. The lowest BCUT2D eigenvalue weighted by Gasteiger charge is -2.24. The van der Waals surface area contributed by atoms with Crippen LogP contribution in [0.3, 0.4) is 0 Å². The van der Waals surface area contributed by atoms with E-state index in [9.17, 15) is 24.0 Å². The molecule has 10 heteroatoms. The van der Waals surface area contributed by atoms with Crippen LogP contribution in [-0.2, 0) is 30.3 Å². The van der Waals surface area contributed by atoms with Gasteiger partial charge in [-0.05, 0) is 11.6 Å². The lowest BCUT2D eigenvalue weighted by atomic mass is 10.1. The van der Waals surface area contributed by atoms with Crippen LogP contribution in [0.4, 0.5) is 5.69 Å². The van der Waals surface area contributed by atoms with Crippen molar-refractivity contribution >= 4 is 46.4 Å². The van der Waals surface area contributed by atoms with Gasteiger partial charge in [0.2, 0.25) is 11.0 Å². The highest BCUT2D eigenvalue weighted by Gasteiger charge is 2.40. The van der Waals surface area contributed by atoms with Crippen molar-refractivity contribution in [3.63, 3.8) is 0 Å². The molecule has 0 radical (unpaired) electrons. The summed E-state index contributed by atoms with van der Waals surface area (Å²) in [6, 6.07) is 10.6. The molecule has 1 unspecified atom stereocenters. The summed E-state index contributed by atoms with van der Waals surface area (Å²) >= 11 is 1.00. The number of hydrogen-bond donors (Lipinski definition) is 0. The zero-order chi connectivity index (χ0) is 24.8. The first kappa shape index (κ1) is 25.0. The van der Waals surface area contributed by atoms with E-state index in [-0.39, 0.29) is 35.2 Å². The van der Waals surface area contributed by atoms with E-state index in [2.05, 4.69) is 0 Å². The van der Waals surface area contributed by atoms with Crippen LogP contribution >= 0.6 is 11.8 Å². The molecular weight excluding hydrogens is 462 g/mol. The largest absolute Gasteiger partial charge is 0.467 e. The minimum Gasteiger partial charge on any atom is -0.467 e. The molecular formula is C24H23NO8S. The third kappa shape index (κ3) is 5.82. The molecule has 2 aromatic carbocycles. The van der Waals surface area contributed by atoms with Crippen LogP contribution in [0.15, 0.2) is 42.5 Å². The van der Waals surface area contributed by atoms with Crippen LogP contribution in [-0.4, -0.2) is 47.8 Å². The highest BCUT2D eigenvalue weighted by atomic mass is 32.2. The van der Waals surface area contributed by atoms with Gasteiger partial charge < -0.3 is 14.2 Å². The molecule has 0 aliphatic carbocycles. The van der Waals surface area contributed by atoms with E-state index in [1.165, 1.54) is 38.0 Å². The zero-order valence-corrected chi connectivity index (χ0v) is 19.7. The minimum atomic E-state index is -0.944. The molecule has 1 atom stereocenters. The third-order valence-electron chi connectivity index (χ3n) is 4.94. The van der Waals surface area contributed by atoms with Crippen molar-refractivity contribution in [2.24, 2.45) is 0 Å². The van der Waals surface area contributed by atoms with Crippen molar-refractivity contribution < 1.29 is 38.2 Å². The number of thioether (sulfide) groups is 1. The average molecular weight is 486 g/mol. The fourth-order valence-electron chi connectivity index (χ4n) is 3.56. The van der Waals surface area contributed by atoms with Crippen LogP contribution in [0.2, 0.25) is 0 Å². The lowest BCUT2D eigenvalue weighted by Crippen LogP contribution is -2.43. The molecule has 0 spiro atoms. The van der Waals surface area contributed by atoms with Crippen LogP contribution in [0.1, 0.15) is 36.2 Å². The number of nitrogens with zero attached hydrogens (tertiary/aromatic N) is 1. The van der Waals surface area contributed by atoms with Gasteiger partial charge >= 0.3 is 17.9 Å². The maximum Gasteiger partial charge on any atom is 0.329 e. The van der Waals surface area contributed by atoms with E-state index in [0.717, 1.165) is 11.8 Å². The minimum absolute atomic E-state index is 0.00313. The summed E-state index contributed by atoms with van der Waals surface area (Å²) in [6.07, 6.45) is 0.100. The topological polar surface area (TPSA) is 116 Å². The van der Waals surface area contributed by atoms with Gasteiger partial charge in [0, 0.05) is 44.1 Å². The summed E-state index contributed by atoms with van der Waals surface area (Å²) in [6.45, 7) is 2.39. The Hall–Kier alpha value is -3.66. The smallest absolute Gasteiger partial charge is 0.329 e. The predicted molar refractivity (Wildman–Crippen MR) is 124 cm³/mol. The second-order valence-electron chi connectivity index (χ2n) is 7.37. The first-order valence-corrected chi connectivity index (χ1v) is 11.4. The van der Waals surface area contributed by atoms with Crippen LogP contribution < -0.4 is 14.4 Å². The molecule has 1 aliphatic heterocycles. The Bertz CT molecular complexity index is 1130. The SMILES string of the molecule is COC(=O)C1Cc2cc(OC(C)=O)c(OC(C)=O)cc2N1C(=O)CCSC(=O)c1ccccc1. The van der Waals surface area contributed by atoms with Crippen LogP contribution in [0.25, 0.3) is 0 Å². The molecule has 0 N–H and O–H groups in total. The summed E-state index contributed by atoms with van der Waals surface area (Å²) in [4.78, 5) is 62.2. The van der Waals surface area contributed by atoms with E-state index < -0.39 is 29.9 Å². The van der Waals surface area contributed by atoms with Crippen molar-refractivity contribution in [3.8, 4) is 11.5 Å². The van der Waals surface area contributed by atoms with Crippen molar-refractivity contribution in [3.05, 3.63) is 53.6 Å². The molecule has 1 aliphatic rings. The molecule has 9 nitrogen and oxygen atoms in total. The molecule has 0 bridgehead atoms. The number of fused-ring (bicyclic) bond motifs is 1. The normalized spacial score (nSPS) is 14.2. The second kappa shape index (κ2) is 11.0. The molecule has 1 heterocycles. The van der Waals surface area contributed by atoms with E-state index in [1.54, 1.807) is 30.3 Å². The number of ether oxygens (including phenoxy) is 3. The standard InChI is InChI=1S/C24H23NO8S/c1-14(26)32-20-12-17-11-19(23(29)31-3)25(18(17)13-21(20)33-15(2)27)22(28)9-10-34-24(30)16-7-5-4-6-8-16/h4-8,12-13,19H,9-11H2,1-3H3. The Labute approximate surface area is 200 Å². The quantitative estimate of drug-likeness (QED) is 0.431. The summed E-state index contributed by atoms with van der Waals surface area (Å²) < 4.78 is 15.2. The monoisotopic (exact) mass is 485 g/mol. The fraction of sp³-hybridized carbons (Fsp3) is 0.292. The Morgan fingerprint density at radius 2 is 1.59 bits per heavy atom. The number of rotatable bonds is 7. The van der Waals surface area contributed by atoms with Crippen molar-refractivity contribution in [2.45, 2.75) is 32.7 Å². The molecule has 3 rings (SSSR count). The number of amides is 1. The van der Waals surface area contributed by atoms with Gasteiger partial charge in [-0.2, -0.15) is 0 Å². The molecule has 0 aromatic heterocycles. The van der Waals surface area contributed by atoms with Crippen molar-refractivity contribution in [1.82, 2.24) is 0 Å². The van der Waals surface area contributed by atoms with E-state index in [0.29, 0.717) is 16.8 Å².